The Hall–Kier alpha value is -1.21. The van der Waals surface area contributed by atoms with Crippen molar-refractivity contribution in [3.8, 4) is 0 Å². The second-order valence-corrected chi connectivity index (χ2v) is 32.5. The normalized spacial score (nSPS) is 11.9. The van der Waals surface area contributed by atoms with Gasteiger partial charge in [-0.15, -0.1) is 0 Å². The van der Waals surface area contributed by atoms with Crippen LogP contribution < -0.4 is 0 Å². The summed E-state index contributed by atoms with van der Waals surface area (Å²) < 4.78 is 74.8. The van der Waals surface area contributed by atoms with E-state index in [1.165, 1.54) is 347 Å². The molecule has 0 saturated heterocycles. The third kappa shape index (κ3) is 46.3. The molecular formula is C88H150BaO6S2. The van der Waals surface area contributed by atoms with Crippen LogP contribution in [0.5, 0.6) is 0 Å². The molecule has 0 atom stereocenters. The summed E-state index contributed by atoms with van der Waals surface area (Å²) >= 11 is 0. The van der Waals surface area contributed by atoms with Crippen LogP contribution in [0.3, 0.4) is 0 Å². The molecule has 0 N–H and O–H groups in total. The maximum Gasteiger partial charge on any atom is 2.00 e. The topological polar surface area (TPSA) is 114 Å². The van der Waals surface area contributed by atoms with Crippen LogP contribution in [-0.4, -0.2) is 74.8 Å². The van der Waals surface area contributed by atoms with E-state index in [9.17, 15) is 25.9 Å². The van der Waals surface area contributed by atoms with E-state index in [1.807, 2.05) is 36.4 Å². The van der Waals surface area contributed by atoms with Crippen molar-refractivity contribution in [3.05, 3.63) is 82.9 Å². The average Bonchev–Trinajstić information content (AvgIpc) is 0.790. The van der Waals surface area contributed by atoms with E-state index in [1.54, 1.807) is 12.1 Å². The molecule has 4 aromatic carbocycles. The summed E-state index contributed by atoms with van der Waals surface area (Å²) in [6, 6.07) is 19.4. The van der Waals surface area contributed by atoms with Gasteiger partial charge >= 0.3 is 48.9 Å². The van der Waals surface area contributed by atoms with E-state index >= 15 is 0 Å². The monoisotopic (exact) mass is 1500 g/mol. The van der Waals surface area contributed by atoms with Gasteiger partial charge in [-0.05, 0) is 107 Å². The van der Waals surface area contributed by atoms with Crippen LogP contribution in [0.2, 0.25) is 0 Å². The minimum atomic E-state index is -4.53. The van der Waals surface area contributed by atoms with E-state index in [4.69, 9.17) is 0 Å². The molecule has 0 saturated carbocycles. The van der Waals surface area contributed by atoms with Gasteiger partial charge in [-0.2, -0.15) is 0 Å². The van der Waals surface area contributed by atoms with Crippen molar-refractivity contribution in [2.45, 2.75) is 448 Å². The van der Waals surface area contributed by atoms with Crippen molar-refractivity contribution in [3.63, 3.8) is 0 Å². The van der Waals surface area contributed by atoms with Gasteiger partial charge in [-0.3, -0.25) is 0 Å². The van der Waals surface area contributed by atoms with Gasteiger partial charge in [-0.25, -0.2) is 16.8 Å². The second-order valence-electron chi connectivity index (χ2n) is 29.8. The first-order valence-corrected chi connectivity index (χ1v) is 44.8. The molecule has 0 fully saturated rings. The molecule has 0 unspecified atom stereocenters. The smallest absolute Gasteiger partial charge is 0.744 e. The molecule has 0 radical (unpaired) electrons. The van der Waals surface area contributed by atoms with Crippen LogP contribution in [0.4, 0.5) is 0 Å². The van der Waals surface area contributed by atoms with Gasteiger partial charge in [0.25, 0.3) is 0 Å². The number of unbranched alkanes of at least 4 members (excludes halogenated alkanes) is 56. The van der Waals surface area contributed by atoms with Crippen LogP contribution in [-0.2, 0) is 45.9 Å². The SMILES string of the molecule is CCCCCCCCCCCCCCCCCc1c(S(=O)(=O)[O-])cc2ccccc2c1CCCCCCCCCCCCCCCCC.CCCCCCCCCCCCCCCCCc1c(S(=O)(=O)[O-])cc2ccccc2c1CCCCCCCCCCCCCCCCC.[Ba+2]. The van der Waals surface area contributed by atoms with Crippen molar-refractivity contribution < 1.29 is 25.9 Å². The minimum absolute atomic E-state index is 0. The fraction of sp³-hybridized carbons (Fsp3) is 0.773. The van der Waals surface area contributed by atoms with E-state index in [2.05, 4.69) is 39.8 Å². The zero-order valence-corrected chi connectivity index (χ0v) is 70.1. The molecule has 552 valence electrons. The van der Waals surface area contributed by atoms with Crippen LogP contribution in [0.1, 0.15) is 435 Å². The van der Waals surface area contributed by atoms with E-state index in [0.29, 0.717) is 12.8 Å². The summed E-state index contributed by atoms with van der Waals surface area (Å²) in [5.74, 6) is 0. The van der Waals surface area contributed by atoms with Crippen LogP contribution in [0.15, 0.2) is 70.5 Å². The zero-order valence-electron chi connectivity index (χ0n) is 64.0. The number of hydrogen-bond donors (Lipinski definition) is 0. The Bertz CT molecular complexity index is 2500. The van der Waals surface area contributed by atoms with E-state index < -0.39 is 20.2 Å². The van der Waals surface area contributed by atoms with E-state index in [0.717, 1.165) is 95.2 Å². The quantitative estimate of drug-likeness (QED) is 0.0247. The summed E-state index contributed by atoms with van der Waals surface area (Å²) in [4.78, 5) is 0.0602. The van der Waals surface area contributed by atoms with Crippen molar-refractivity contribution in [2.24, 2.45) is 0 Å². The average molecular weight is 1510 g/mol. The number of rotatable bonds is 66. The van der Waals surface area contributed by atoms with Crippen molar-refractivity contribution in [1.82, 2.24) is 0 Å². The molecule has 4 aromatic rings. The first-order valence-electron chi connectivity index (χ1n) is 42.0. The fourth-order valence-corrected chi connectivity index (χ4v) is 16.7. The van der Waals surface area contributed by atoms with Gasteiger partial charge in [0.2, 0.25) is 0 Å². The standard InChI is InChI=1S/2C44H76O3S.Ba/c2*1-3-5-7-9-11-13-15-17-19-21-23-25-27-29-31-37-42-41-36-34-33-35-40(41)39-44(48(45,46)47)43(42)38-32-30-28-26-24-22-20-18-16-14-12-10-8-6-4-2;/h2*33-36,39H,3-32,37-38H2,1-2H3,(H,45,46,47);/q;;+2/p-2. The summed E-state index contributed by atoms with van der Waals surface area (Å²) in [6.07, 6.45) is 82.3. The fourth-order valence-electron chi connectivity index (χ4n) is 15.1. The Kier molecular flexibility index (Phi) is 59.9. The van der Waals surface area contributed by atoms with Crippen molar-refractivity contribution >= 4 is 90.7 Å². The Morgan fingerprint density at radius 2 is 0.381 bits per heavy atom. The molecule has 0 spiro atoms. The Morgan fingerprint density at radius 1 is 0.227 bits per heavy atom. The molecule has 0 aromatic heterocycles. The Labute approximate surface area is 642 Å². The van der Waals surface area contributed by atoms with Gasteiger partial charge in [0.15, 0.2) is 0 Å². The maximum absolute atomic E-state index is 12.5. The first kappa shape index (κ1) is 91.9. The first-order chi connectivity index (χ1) is 47.0. The number of aryl methyl sites for hydroxylation is 2. The van der Waals surface area contributed by atoms with Gasteiger partial charge in [0.1, 0.15) is 20.2 Å². The molecule has 0 aliphatic heterocycles. The van der Waals surface area contributed by atoms with Gasteiger partial charge in [0, 0.05) is 0 Å². The molecule has 0 bridgehead atoms. The second kappa shape index (κ2) is 63.3. The summed E-state index contributed by atoms with van der Waals surface area (Å²) in [5, 5.41) is 4.02. The number of hydrogen-bond acceptors (Lipinski definition) is 6. The van der Waals surface area contributed by atoms with Crippen LogP contribution >= 0.6 is 0 Å². The number of benzene rings is 4. The van der Waals surface area contributed by atoms with Crippen molar-refractivity contribution in [1.29, 1.82) is 0 Å². The van der Waals surface area contributed by atoms with Crippen LogP contribution in [0.25, 0.3) is 21.5 Å². The molecule has 9 heteroatoms. The van der Waals surface area contributed by atoms with Gasteiger partial charge in [0.05, 0.1) is 9.79 Å². The predicted octanol–water partition coefficient (Wildman–Crippen LogP) is 28.8. The summed E-state index contributed by atoms with van der Waals surface area (Å²) in [7, 11) is -9.06. The third-order valence-corrected chi connectivity index (χ3v) is 22.9. The number of fused-ring (bicyclic) bond motifs is 2. The predicted molar refractivity (Wildman–Crippen MR) is 424 cm³/mol. The summed E-state index contributed by atoms with van der Waals surface area (Å²) in [6.45, 7) is 9.12. The molecule has 6 nitrogen and oxygen atoms in total. The molecule has 0 aliphatic carbocycles. The van der Waals surface area contributed by atoms with Gasteiger partial charge in [-0.1, -0.05) is 436 Å². The van der Waals surface area contributed by atoms with Gasteiger partial charge < -0.3 is 9.11 Å². The summed E-state index contributed by atoms with van der Waals surface area (Å²) in [5.41, 5.74) is 3.85. The molecule has 0 heterocycles. The molecule has 4 rings (SSSR count). The maximum atomic E-state index is 12.5. The van der Waals surface area contributed by atoms with Crippen LogP contribution in [0, 0.1) is 0 Å². The Morgan fingerprint density at radius 3 is 0.557 bits per heavy atom. The molecule has 0 aliphatic rings. The molecular weight excluding hydrogens is 1350 g/mol. The third-order valence-electron chi connectivity index (χ3n) is 21.1. The molecule has 0 amide bonds. The molecule has 97 heavy (non-hydrogen) atoms. The van der Waals surface area contributed by atoms with E-state index in [-0.39, 0.29) is 58.7 Å². The Balaban J connectivity index is 0.000000653. The minimum Gasteiger partial charge on any atom is -0.744 e. The van der Waals surface area contributed by atoms with Crippen molar-refractivity contribution in [2.75, 3.05) is 0 Å². The largest absolute Gasteiger partial charge is 2.00 e. The zero-order chi connectivity index (χ0) is 69.1.